The van der Waals surface area contributed by atoms with Crippen LogP contribution in [0.5, 0.6) is 0 Å². The number of carbonyl (C=O) groups is 2. The Hall–Kier alpha value is -1.88. The van der Waals surface area contributed by atoms with E-state index in [0.29, 0.717) is 13.2 Å². The molecule has 2 rings (SSSR count). The Balaban J connectivity index is 2.06. The van der Waals surface area contributed by atoms with Gasteiger partial charge in [-0.15, -0.1) is 0 Å². The molecule has 1 fully saturated rings. The summed E-state index contributed by atoms with van der Waals surface area (Å²) in [6.45, 7) is 8.29. The quantitative estimate of drug-likeness (QED) is 0.843. The van der Waals surface area contributed by atoms with Crippen LogP contribution >= 0.6 is 0 Å². The molecule has 2 atom stereocenters. The number of carbonyl (C=O) groups excluding carboxylic acids is 2. The maximum atomic E-state index is 12.3. The Labute approximate surface area is 131 Å². The van der Waals surface area contributed by atoms with Crippen LogP contribution in [0.2, 0.25) is 0 Å². The third-order valence-electron chi connectivity index (χ3n) is 3.58. The zero-order valence-electron chi connectivity index (χ0n) is 13.6. The number of nitrogens with one attached hydrogen (secondary N) is 1. The SMILES string of the molecule is CC(=O)NC1C(=O)N(Cc2ccccc2)C1COC(C)(C)C. The number of β-lactam (4-membered cyclic amide) rings is 1. The van der Waals surface area contributed by atoms with Crippen molar-refractivity contribution in [2.45, 2.75) is 51.9 Å². The van der Waals surface area contributed by atoms with Crippen molar-refractivity contribution in [1.29, 1.82) is 0 Å². The number of amides is 2. The largest absolute Gasteiger partial charge is 0.374 e. The Kier molecular flexibility index (Phi) is 4.86. The first-order valence-corrected chi connectivity index (χ1v) is 7.53. The molecule has 1 saturated heterocycles. The highest BCUT2D eigenvalue weighted by Gasteiger charge is 2.48. The Morgan fingerprint density at radius 3 is 2.45 bits per heavy atom. The third kappa shape index (κ3) is 4.07. The molecule has 1 N–H and O–H groups in total. The fourth-order valence-corrected chi connectivity index (χ4v) is 2.48. The summed E-state index contributed by atoms with van der Waals surface area (Å²) in [7, 11) is 0. The Morgan fingerprint density at radius 1 is 1.27 bits per heavy atom. The molecule has 5 heteroatoms. The zero-order valence-corrected chi connectivity index (χ0v) is 13.6. The molecular weight excluding hydrogens is 280 g/mol. The van der Waals surface area contributed by atoms with Crippen LogP contribution in [0, 0.1) is 0 Å². The lowest BCUT2D eigenvalue weighted by molar-refractivity contribution is -0.161. The lowest BCUT2D eigenvalue weighted by Crippen LogP contribution is -2.71. The normalized spacial score (nSPS) is 21.5. The van der Waals surface area contributed by atoms with Crippen molar-refractivity contribution in [3.8, 4) is 0 Å². The molecule has 2 unspecified atom stereocenters. The first kappa shape index (κ1) is 16.5. The third-order valence-corrected chi connectivity index (χ3v) is 3.58. The van der Waals surface area contributed by atoms with E-state index in [2.05, 4.69) is 5.32 Å². The van der Waals surface area contributed by atoms with E-state index in [-0.39, 0.29) is 23.5 Å². The van der Waals surface area contributed by atoms with Gasteiger partial charge in [-0.3, -0.25) is 9.59 Å². The van der Waals surface area contributed by atoms with Gasteiger partial charge in [-0.2, -0.15) is 0 Å². The van der Waals surface area contributed by atoms with E-state index in [4.69, 9.17) is 4.74 Å². The van der Waals surface area contributed by atoms with Gasteiger partial charge in [0.1, 0.15) is 6.04 Å². The lowest BCUT2D eigenvalue weighted by atomic mass is 9.94. The van der Waals surface area contributed by atoms with Crippen molar-refractivity contribution < 1.29 is 14.3 Å². The minimum atomic E-state index is -0.483. The second-order valence-corrected chi connectivity index (χ2v) is 6.62. The topological polar surface area (TPSA) is 58.6 Å². The van der Waals surface area contributed by atoms with E-state index in [1.165, 1.54) is 6.92 Å². The van der Waals surface area contributed by atoms with Gasteiger partial charge in [-0.25, -0.2) is 0 Å². The maximum Gasteiger partial charge on any atom is 0.248 e. The van der Waals surface area contributed by atoms with Crippen molar-refractivity contribution in [3.63, 3.8) is 0 Å². The van der Waals surface area contributed by atoms with E-state index in [0.717, 1.165) is 5.56 Å². The van der Waals surface area contributed by atoms with Crippen LogP contribution in [-0.2, 0) is 20.9 Å². The summed E-state index contributed by atoms with van der Waals surface area (Å²) in [6.07, 6.45) is 0. The van der Waals surface area contributed by atoms with Gasteiger partial charge in [0.25, 0.3) is 0 Å². The van der Waals surface area contributed by atoms with Gasteiger partial charge in [-0.05, 0) is 26.3 Å². The highest BCUT2D eigenvalue weighted by atomic mass is 16.5. The maximum absolute atomic E-state index is 12.3. The molecule has 0 saturated carbocycles. The minimum Gasteiger partial charge on any atom is -0.374 e. The van der Waals surface area contributed by atoms with Gasteiger partial charge in [-0.1, -0.05) is 30.3 Å². The van der Waals surface area contributed by atoms with Gasteiger partial charge in [0.15, 0.2) is 0 Å². The van der Waals surface area contributed by atoms with Crippen LogP contribution in [0.3, 0.4) is 0 Å². The summed E-state index contributed by atoms with van der Waals surface area (Å²) in [6, 6.07) is 9.21. The average Bonchev–Trinajstić information content (AvgIpc) is 2.44. The molecule has 0 aliphatic carbocycles. The van der Waals surface area contributed by atoms with E-state index in [1.807, 2.05) is 51.1 Å². The number of nitrogens with zero attached hydrogens (tertiary/aromatic N) is 1. The Bertz CT molecular complexity index is 537. The summed E-state index contributed by atoms with van der Waals surface area (Å²) in [5.41, 5.74) is 0.788. The molecule has 0 bridgehead atoms. The highest BCUT2D eigenvalue weighted by molar-refractivity contribution is 5.93. The number of benzene rings is 1. The molecule has 0 spiro atoms. The molecule has 0 aromatic heterocycles. The number of rotatable bonds is 5. The Morgan fingerprint density at radius 2 is 1.91 bits per heavy atom. The van der Waals surface area contributed by atoms with E-state index >= 15 is 0 Å². The van der Waals surface area contributed by atoms with Crippen LogP contribution in [0.4, 0.5) is 0 Å². The van der Waals surface area contributed by atoms with Crippen LogP contribution < -0.4 is 5.32 Å². The minimum absolute atomic E-state index is 0.0541. The molecule has 0 radical (unpaired) electrons. The second-order valence-electron chi connectivity index (χ2n) is 6.62. The van der Waals surface area contributed by atoms with E-state index < -0.39 is 6.04 Å². The van der Waals surface area contributed by atoms with Crippen molar-refractivity contribution in [3.05, 3.63) is 35.9 Å². The van der Waals surface area contributed by atoms with Gasteiger partial charge < -0.3 is 15.0 Å². The molecule has 5 nitrogen and oxygen atoms in total. The summed E-state index contributed by atoms with van der Waals surface area (Å²) in [4.78, 5) is 25.3. The number of likely N-dealkylation sites (tertiary alicyclic amines) is 1. The predicted molar refractivity (Wildman–Crippen MR) is 84.1 cm³/mol. The second kappa shape index (κ2) is 6.48. The highest BCUT2D eigenvalue weighted by Crippen LogP contribution is 2.25. The van der Waals surface area contributed by atoms with Gasteiger partial charge >= 0.3 is 0 Å². The van der Waals surface area contributed by atoms with Crippen molar-refractivity contribution >= 4 is 11.8 Å². The van der Waals surface area contributed by atoms with Gasteiger partial charge in [0.2, 0.25) is 11.8 Å². The van der Waals surface area contributed by atoms with Crippen molar-refractivity contribution in [2.75, 3.05) is 6.61 Å². The number of ether oxygens (including phenoxy) is 1. The molecule has 1 aromatic carbocycles. The predicted octanol–water partition coefficient (Wildman–Crippen LogP) is 1.72. The van der Waals surface area contributed by atoms with Gasteiger partial charge in [0, 0.05) is 13.5 Å². The smallest absolute Gasteiger partial charge is 0.248 e. The first-order chi connectivity index (χ1) is 10.3. The van der Waals surface area contributed by atoms with Gasteiger partial charge in [0.05, 0.1) is 18.2 Å². The zero-order chi connectivity index (χ0) is 16.3. The van der Waals surface area contributed by atoms with Crippen LogP contribution in [0.25, 0.3) is 0 Å². The van der Waals surface area contributed by atoms with Crippen molar-refractivity contribution in [1.82, 2.24) is 10.2 Å². The first-order valence-electron chi connectivity index (χ1n) is 7.53. The summed E-state index contributed by atoms with van der Waals surface area (Å²) < 4.78 is 5.82. The molecule has 1 aliphatic rings. The summed E-state index contributed by atoms with van der Waals surface area (Å²) >= 11 is 0. The monoisotopic (exact) mass is 304 g/mol. The lowest BCUT2D eigenvalue weighted by Gasteiger charge is -2.47. The van der Waals surface area contributed by atoms with Crippen LogP contribution in [0.15, 0.2) is 30.3 Å². The van der Waals surface area contributed by atoms with E-state index in [1.54, 1.807) is 4.90 Å². The number of hydrogen-bond acceptors (Lipinski definition) is 3. The standard InChI is InChI=1S/C17H24N2O3/c1-12(20)18-15-14(11-22-17(2,3)4)19(16(15)21)10-13-8-6-5-7-9-13/h5-9,14-15H,10-11H2,1-4H3,(H,18,20). The molecule has 1 aliphatic heterocycles. The molecular formula is C17H24N2O3. The average molecular weight is 304 g/mol. The molecule has 1 aromatic rings. The fourth-order valence-electron chi connectivity index (χ4n) is 2.48. The number of hydrogen-bond donors (Lipinski definition) is 1. The summed E-state index contributed by atoms with van der Waals surface area (Å²) in [5, 5.41) is 2.72. The molecule has 120 valence electrons. The van der Waals surface area contributed by atoms with Crippen LogP contribution in [0.1, 0.15) is 33.3 Å². The summed E-state index contributed by atoms with van der Waals surface area (Å²) in [5.74, 6) is -0.250. The fraction of sp³-hybridized carbons (Fsp3) is 0.529. The van der Waals surface area contributed by atoms with Crippen LogP contribution in [-0.4, -0.2) is 41.0 Å². The van der Waals surface area contributed by atoms with Crippen molar-refractivity contribution in [2.24, 2.45) is 0 Å². The molecule has 22 heavy (non-hydrogen) atoms. The molecule has 1 heterocycles. The molecule has 2 amide bonds. The van der Waals surface area contributed by atoms with E-state index in [9.17, 15) is 9.59 Å².